The number of carbonyl (C=O) groups excluding carboxylic acids is 1. The second kappa shape index (κ2) is 10.4. The molecule has 0 atom stereocenters. The number of amides is 1. The van der Waals surface area contributed by atoms with Crippen molar-refractivity contribution in [1.29, 1.82) is 0 Å². The molecular weight excluding hydrogens is 390 g/mol. The first-order valence-electron chi connectivity index (χ1n) is 9.64. The van der Waals surface area contributed by atoms with E-state index in [0.717, 1.165) is 49.7 Å². The van der Waals surface area contributed by atoms with Crippen molar-refractivity contribution in [3.05, 3.63) is 63.7 Å². The van der Waals surface area contributed by atoms with Gasteiger partial charge in [-0.2, -0.15) is 0 Å². The Hall–Kier alpha value is -2.42. The van der Waals surface area contributed by atoms with Crippen molar-refractivity contribution in [1.82, 2.24) is 10.2 Å². The quantitative estimate of drug-likeness (QED) is 0.403. The van der Waals surface area contributed by atoms with Crippen molar-refractivity contribution in [3.8, 4) is 0 Å². The summed E-state index contributed by atoms with van der Waals surface area (Å²) in [6, 6.07) is 12.4. The Morgan fingerprint density at radius 3 is 2.62 bits per heavy atom. The van der Waals surface area contributed by atoms with Crippen LogP contribution in [0.2, 0.25) is 0 Å². The lowest BCUT2D eigenvalue weighted by Crippen LogP contribution is -2.38. The van der Waals surface area contributed by atoms with Gasteiger partial charge in [-0.05, 0) is 44.2 Å². The van der Waals surface area contributed by atoms with E-state index in [4.69, 9.17) is 4.74 Å². The SMILES string of the molecule is Cc1ccc(Sc2ccc(C(=O)NCCCN3CCOCC3)cc2[N+](=O)[O-])cc1. The molecule has 29 heavy (non-hydrogen) atoms. The average molecular weight is 416 g/mol. The standard InChI is InChI=1S/C21H25N3O4S/c1-16-3-6-18(7-4-16)29-20-8-5-17(15-19(20)24(26)27)21(25)22-9-2-10-23-11-13-28-14-12-23/h3-8,15H,2,9-14H2,1H3,(H,22,25). The fourth-order valence-electron chi connectivity index (χ4n) is 3.05. The maximum atomic E-state index is 12.4. The predicted molar refractivity (Wildman–Crippen MR) is 113 cm³/mol. The third-order valence-corrected chi connectivity index (χ3v) is 5.78. The lowest BCUT2D eigenvalue weighted by Gasteiger charge is -2.26. The summed E-state index contributed by atoms with van der Waals surface area (Å²) >= 11 is 1.32. The molecule has 0 aromatic heterocycles. The van der Waals surface area contributed by atoms with Crippen LogP contribution in [0.3, 0.4) is 0 Å². The molecule has 1 heterocycles. The summed E-state index contributed by atoms with van der Waals surface area (Å²) in [6.07, 6.45) is 0.829. The van der Waals surface area contributed by atoms with Gasteiger partial charge in [-0.15, -0.1) is 0 Å². The van der Waals surface area contributed by atoms with Crippen LogP contribution in [-0.4, -0.2) is 55.1 Å². The highest BCUT2D eigenvalue weighted by Gasteiger charge is 2.18. The van der Waals surface area contributed by atoms with Crippen molar-refractivity contribution < 1.29 is 14.5 Å². The van der Waals surface area contributed by atoms with E-state index in [1.807, 2.05) is 31.2 Å². The Balaban J connectivity index is 1.58. The number of benzene rings is 2. The minimum absolute atomic E-state index is 0.0588. The normalized spacial score (nSPS) is 14.5. The first-order valence-corrected chi connectivity index (χ1v) is 10.5. The van der Waals surface area contributed by atoms with Crippen LogP contribution in [0.25, 0.3) is 0 Å². The molecule has 8 heteroatoms. The largest absolute Gasteiger partial charge is 0.379 e. The highest BCUT2D eigenvalue weighted by molar-refractivity contribution is 7.99. The van der Waals surface area contributed by atoms with Crippen molar-refractivity contribution in [2.75, 3.05) is 39.4 Å². The molecule has 0 radical (unpaired) electrons. The minimum Gasteiger partial charge on any atom is -0.379 e. The third kappa shape index (κ3) is 6.28. The van der Waals surface area contributed by atoms with Crippen LogP contribution in [0.5, 0.6) is 0 Å². The molecule has 2 aromatic rings. The van der Waals surface area contributed by atoms with Crippen LogP contribution in [0.15, 0.2) is 52.3 Å². The van der Waals surface area contributed by atoms with Gasteiger partial charge in [-0.25, -0.2) is 0 Å². The number of rotatable bonds is 8. The number of morpholine rings is 1. The molecule has 1 amide bonds. The first-order chi connectivity index (χ1) is 14.0. The first kappa shape index (κ1) is 21.3. The fourth-order valence-corrected chi connectivity index (χ4v) is 3.95. The van der Waals surface area contributed by atoms with Crippen LogP contribution in [0.4, 0.5) is 5.69 Å². The maximum absolute atomic E-state index is 12.4. The van der Waals surface area contributed by atoms with E-state index < -0.39 is 4.92 Å². The molecule has 0 unspecified atom stereocenters. The number of ether oxygens (including phenoxy) is 1. The molecule has 7 nitrogen and oxygen atoms in total. The van der Waals surface area contributed by atoms with Crippen LogP contribution in [0, 0.1) is 17.0 Å². The zero-order valence-electron chi connectivity index (χ0n) is 16.4. The molecule has 1 aliphatic rings. The second-order valence-electron chi connectivity index (χ2n) is 6.92. The van der Waals surface area contributed by atoms with Crippen molar-refractivity contribution >= 4 is 23.4 Å². The molecule has 1 aliphatic heterocycles. The van der Waals surface area contributed by atoms with Gasteiger partial charge in [0.25, 0.3) is 11.6 Å². The highest BCUT2D eigenvalue weighted by Crippen LogP contribution is 2.35. The molecular formula is C21H25N3O4S. The van der Waals surface area contributed by atoms with E-state index in [9.17, 15) is 14.9 Å². The number of aryl methyl sites for hydroxylation is 1. The van der Waals surface area contributed by atoms with Gasteiger partial charge in [0.1, 0.15) is 0 Å². The summed E-state index contributed by atoms with van der Waals surface area (Å²) in [5.41, 5.74) is 1.37. The van der Waals surface area contributed by atoms with Crippen LogP contribution < -0.4 is 5.32 Å². The fraction of sp³-hybridized carbons (Fsp3) is 0.381. The summed E-state index contributed by atoms with van der Waals surface area (Å²) in [4.78, 5) is 27.2. The Morgan fingerprint density at radius 2 is 1.93 bits per heavy atom. The number of hydrogen-bond acceptors (Lipinski definition) is 6. The molecule has 2 aromatic carbocycles. The Morgan fingerprint density at radius 1 is 1.21 bits per heavy atom. The Labute approximate surface area is 174 Å². The lowest BCUT2D eigenvalue weighted by molar-refractivity contribution is -0.387. The molecule has 0 bridgehead atoms. The van der Waals surface area contributed by atoms with Crippen molar-refractivity contribution in [3.63, 3.8) is 0 Å². The smallest absolute Gasteiger partial charge is 0.284 e. The second-order valence-corrected chi connectivity index (χ2v) is 8.03. The topological polar surface area (TPSA) is 84.7 Å². The molecule has 1 fully saturated rings. The molecule has 1 N–H and O–H groups in total. The van der Waals surface area contributed by atoms with Crippen molar-refractivity contribution in [2.45, 2.75) is 23.1 Å². The van der Waals surface area contributed by atoms with E-state index in [2.05, 4.69) is 10.2 Å². The van der Waals surface area contributed by atoms with Gasteiger partial charge in [0, 0.05) is 36.2 Å². The molecule has 0 saturated carbocycles. The van der Waals surface area contributed by atoms with E-state index >= 15 is 0 Å². The van der Waals surface area contributed by atoms with Gasteiger partial charge in [0.05, 0.1) is 23.0 Å². The summed E-state index contributed by atoms with van der Waals surface area (Å²) < 4.78 is 5.32. The number of nitrogens with zero attached hydrogens (tertiary/aromatic N) is 2. The molecule has 154 valence electrons. The Bertz CT molecular complexity index is 852. The van der Waals surface area contributed by atoms with E-state index in [1.165, 1.54) is 17.8 Å². The van der Waals surface area contributed by atoms with Crippen molar-refractivity contribution in [2.24, 2.45) is 0 Å². The summed E-state index contributed by atoms with van der Waals surface area (Å²) in [7, 11) is 0. The molecule has 0 spiro atoms. The van der Waals surface area contributed by atoms with Gasteiger partial charge in [0.2, 0.25) is 0 Å². The highest BCUT2D eigenvalue weighted by atomic mass is 32.2. The summed E-state index contributed by atoms with van der Waals surface area (Å²) in [5, 5.41) is 14.4. The van der Waals surface area contributed by atoms with Gasteiger partial charge >= 0.3 is 0 Å². The van der Waals surface area contributed by atoms with Gasteiger partial charge < -0.3 is 10.1 Å². The average Bonchev–Trinajstić information content (AvgIpc) is 2.73. The van der Waals surface area contributed by atoms with Gasteiger partial charge in [-0.3, -0.25) is 19.8 Å². The molecule has 0 aliphatic carbocycles. The molecule has 3 rings (SSSR count). The zero-order chi connectivity index (χ0) is 20.6. The number of nitrogens with one attached hydrogen (secondary N) is 1. The molecule has 1 saturated heterocycles. The zero-order valence-corrected chi connectivity index (χ0v) is 17.2. The predicted octanol–water partition coefficient (Wildman–Crippen LogP) is 3.51. The van der Waals surface area contributed by atoms with Crippen LogP contribution >= 0.6 is 11.8 Å². The van der Waals surface area contributed by atoms with E-state index in [1.54, 1.807) is 12.1 Å². The number of nitro groups is 1. The summed E-state index contributed by atoms with van der Waals surface area (Å²) in [6.45, 7) is 6.76. The lowest BCUT2D eigenvalue weighted by atomic mass is 10.2. The van der Waals surface area contributed by atoms with Gasteiger partial charge in [0.15, 0.2) is 0 Å². The minimum atomic E-state index is -0.439. The monoisotopic (exact) mass is 415 g/mol. The van der Waals surface area contributed by atoms with E-state index in [-0.39, 0.29) is 11.6 Å². The van der Waals surface area contributed by atoms with Crippen LogP contribution in [0.1, 0.15) is 22.3 Å². The van der Waals surface area contributed by atoms with Gasteiger partial charge in [-0.1, -0.05) is 29.5 Å². The third-order valence-electron chi connectivity index (χ3n) is 4.71. The van der Waals surface area contributed by atoms with Crippen LogP contribution in [-0.2, 0) is 4.74 Å². The number of hydrogen-bond donors (Lipinski definition) is 1. The summed E-state index contributed by atoms with van der Waals surface area (Å²) in [5.74, 6) is -0.290. The van der Waals surface area contributed by atoms with E-state index in [0.29, 0.717) is 17.0 Å². The Kier molecular flexibility index (Phi) is 7.62. The maximum Gasteiger partial charge on any atom is 0.284 e. The number of nitro benzene ring substituents is 1. The number of carbonyl (C=O) groups is 1.